The SMILES string of the molecule is COc1cc(/C=C/C(=O)/C(=C/c2ccc(O)c(OC)c2)C(=O)/C=C/C2C(C)=CCCC2(C)C)ccc1O. The molecular weight excluding hydrogens is 468 g/mol. The molecule has 0 aliphatic heterocycles. The van der Waals surface area contributed by atoms with Gasteiger partial charge in [0.2, 0.25) is 0 Å². The second-order valence-electron chi connectivity index (χ2n) is 9.79. The molecule has 0 saturated carbocycles. The number of aromatic hydroxyl groups is 2. The van der Waals surface area contributed by atoms with Gasteiger partial charge in [-0.05, 0) is 78.8 Å². The summed E-state index contributed by atoms with van der Waals surface area (Å²) in [5.41, 5.74) is 2.35. The van der Waals surface area contributed by atoms with Crippen molar-refractivity contribution >= 4 is 23.7 Å². The Kier molecular flexibility index (Phi) is 8.77. The highest BCUT2D eigenvalue weighted by atomic mass is 16.5. The summed E-state index contributed by atoms with van der Waals surface area (Å²) in [7, 11) is 2.87. The molecular formula is C31H34O6. The van der Waals surface area contributed by atoms with E-state index in [2.05, 4.69) is 26.8 Å². The van der Waals surface area contributed by atoms with Crippen molar-refractivity contribution in [2.45, 2.75) is 33.6 Å². The number of rotatable bonds is 9. The van der Waals surface area contributed by atoms with Gasteiger partial charge >= 0.3 is 0 Å². The van der Waals surface area contributed by atoms with Crippen LogP contribution < -0.4 is 9.47 Å². The van der Waals surface area contributed by atoms with Crippen LogP contribution in [-0.2, 0) is 9.59 Å². The zero-order chi connectivity index (χ0) is 27.2. The number of phenolic OH excluding ortho intramolecular Hbond substituents is 2. The predicted octanol–water partition coefficient (Wildman–Crippen LogP) is 6.29. The lowest BCUT2D eigenvalue weighted by atomic mass is 9.68. The number of benzene rings is 2. The maximum atomic E-state index is 13.4. The van der Waals surface area contributed by atoms with E-state index < -0.39 is 11.6 Å². The Morgan fingerprint density at radius 1 is 0.919 bits per heavy atom. The van der Waals surface area contributed by atoms with E-state index in [1.807, 2.05) is 6.08 Å². The standard InChI is InChI=1S/C31H34O6/c1-20-7-6-16-31(2,3)24(20)11-15-26(33)23(17-22-10-14-28(35)30(19-22)37-5)25(32)12-8-21-9-13-27(34)29(18-21)36-4/h7-15,17-19,24,34-35H,6,16H2,1-5H3/b12-8+,15-11+,23-17-. The third kappa shape index (κ3) is 6.79. The average molecular weight is 503 g/mol. The zero-order valence-electron chi connectivity index (χ0n) is 21.9. The average Bonchev–Trinajstić information content (AvgIpc) is 2.86. The van der Waals surface area contributed by atoms with E-state index in [-0.39, 0.29) is 39.9 Å². The number of ketones is 2. The van der Waals surface area contributed by atoms with Crippen LogP contribution in [0.3, 0.4) is 0 Å². The first kappa shape index (κ1) is 27.5. The Morgan fingerprint density at radius 3 is 2.08 bits per heavy atom. The van der Waals surface area contributed by atoms with Crippen LogP contribution in [0.5, 0.6) is 23.0 Å². The number of carbonyl (C=O) groups excluding carboxylic acids is 2. The fraction of sp³-hybridized carbons (Fsp3) is 0.290. The number of methoxy groups -OCH3 is 2. The van der Waals surface area contributed by atoms with Gasteiger partial charge in [-0.1, -0.05) is 49.8 Å². The highest BCUT2D eigenvalue weighted by Gasteiger charge is 2.31. The molecule has 6 heteroatoms. The molecule has 0 heterocycles. The van der Waals surface area contributed by atoms with E-state index in [4.69, 9.17) is 9.47 Å². The lowest BCUT2D eigenvalue weighted by Crippen LogP contribution is -2.26. The van der Waals surface area contributed by atoms with E-state index >= 15 is 0 Å². The number of carbonyl (C=O) groups is 2. The van der Waals surface area contributed by atoms with Gasteiger partial charge in [-0.3, -0.25) is 9.59 Å². The Balaban J connectivity index is 1.97. The topological polar surface area (TPSA) is 93.1 Å². The monoisotopic (exact) mass is 502 g/mol. The normalized spacial score (nSPS) is 17.6. The first-order valence-corrected chi connectivity index (χ1v) is 12.1. The molecule has 0 radical (unpaired) electrons. The molecule has 0 saturated heterocycles. The van der Waals surface area contributed by atoms with Gasteiger partial charge in [-0.2, -0.15) is 0 Å². The number of hydrogen-bond donors (Lipinski definition) is 2. The minimum absolute atomic E-state index is 0.00561. The van der Waals surface area contributed by atoms with Crippen LogP contribution in [0.15, 0.2) is 71.8 Å². The van der Waals surface area contributed by atoms with Crippen molar-refractivity contribution in [3.8, 4) is 23.0 Å². The zero-order valence-corrected chi connectivity index (χ0v) is 21.9. The van der Waals surface area contributed by atoms with Gasteiger partial charge in [0, 0.05) is 5.92 Å². The highest BCUT2D eigenvalue weighted by molar-refractivity contribution is 6.30. The van der Waals surface area contributed by atoms with E-state index in [0.29, 0.717) is 11.1 Å². The van der Waals surface area contributed by atoms with E-state index in [1.54, 1.807) is 30.3 Å². The maximum Gasteiger partial charge on any atom is 0.189 e. The van der Waals surface area contributed by atoms with Crippen LogP contribution >= 0.6 is 0 Å². The number of hydrogen-bond acceptors (Lipinski definition) is 6. The van der Waals surface area contributed by atoms with Crippen LogP contribution in [0.2, 0.25) is 0 Å². The lowest BCUT2D eigenvalue weighted by Gasteiger charge is -2.36. The number of phenols is 2. The van der Waals surface area contributed by atoms with Crippen LogP contribution in [0.25, 0.3) is 12.2 Å². The fourth-order valence-corrected chi connectivity index (χ4v) is 4.53. The van der Waals surface area contributed by atoms with E-state index in [1.165, 1.54) is 50.2 Å². The van der Waals surface area contributed by atoms with Gasteiger partial charge in [0.1, 0.15) is 0 Å². The van der Waals surface area contributed by atoms with Crippen LogP contribution in [-0.4, -0.2) is 36.0 Å². The second kappa shape index (κ2) is 11.8. The molecule has 0 amide bonds. The van der Waals surface area contributed by atoms with Crippen LogP contribution in [0, 0.1) is 11.3 Å². The van der Waals surface area contributed by atoms with Gasteiger partial charge in [0.15, 0.2) is 34.6 Å². The van der Waals surface area contributed by atoms with Crippen LogP contribution in [0.4, 0.5) is 0 Å². The van der Waals surface area contributed by atoms with Crippen molar-refractivity contribution in [1.29, 1.82) is 0 Å². The first-order chi connectivity index (χ1) is 17.6. The van der Waals surface area contributed by atoms with Crippen molar-refractivity contribution in [3.05, 3.63) is 83.0 Å². The van der Waals surface area contributed by atoms with E-state index in [9.17, 15) is 19.8 Å². The minimum Gasteiger partial charge on any atom is -0.504 e. The van der Waals surface area contributed by atoms with Crippen molar-refractivity contribution in [2.75, 3.05) is 14.2 Å². The molecule has 6 nitrogen and oxygen atoms in total. The molecule has 37 heavy (non-hydrogen) atoms. The summed E-state index contributed by atoms with van der Waals surface area (Å²) < 4.78 is 10.3. The summed E-state index contributed by atoms with van der Waals surface area (Å²) in [6.07, 6.45) is 12.0. The Labute approximate surface area is 218 Å². The largest absolute Gasteiger partial charge is 0.504 e. The second-order valence-corrected chi connectivity index (χ2v) is 9.79. The molecule has 2 N–H and O–H groups in total. The molecule has 0 bridgehead atoms. The fourth-order valence-electron chi connectivity index (χ4n) is 4.53. The summed E-state index contributed by atoms with van der Waals surface area (Å²) in [5.74, 6) is -0.345. The Morgan fingerprint density at radius 2 is 1.49 bits per heavy atom. The Bertz CT molecular complexity index is 1290. The summed E-state index contributed by atoms with van der Waals surface area (Å²) in [6, 6.07) is 9.31. The van der Waals surface area contributed by atoms with Gasteiger partial charge in [0.25, 0.3) is 0 Å². The molecule has 194 valence electrons. The summed E-state index contributed by atoms with van der Waals surface area (Å²) >= 11 is 0. The summed E-state index contributed by atoms with van der Waals surface area (Å²) in [4.78, 5) is 26.6. The van der Waals surface area contributed by atoms with Gasteiger partial charge < -0.3 is 19.7 Å². The van der Waals surface area contributed by atoms with Gasteiger partial charge in [-0.15, -0.1) is 0 Å². The molecule has 2 aromatic carbocycles. The molecule has 0 fully saturated rings. The molecule has 0 spiro atoms. The third-order valence-electron chi connectivity index (χ3n) is 6.70. The summed E-state index contributed by atoms with van der Waals surface area (Å²) in [5, 5.41) is 19.7. The molecule has 1 aliphatic rings. The Hall–Kier alpha value is -4.06. The number of ether oxygens (including phenoxy) is 2. The predicted molar refractivity (Wildman–Crippen MR) is 146 cm³/mol. The van der Waals surface area contributed by atoms with Gasteiger partial charge in [0.05, 0.1) is 19.8 Å². The molecule has 1 aliphatic carbocycles. The van der Waals surface area contributed by atoms with Crippen LogP contribution in [0.1, 0.15) is 44.7 Å². The van der Waals surface area contributed by atoms with E-state index in [0.717, 1.165) is 12.8 Å². The number of allylic oxidation sites excluding steroid dienone is 6. The lowest BCUT2D eigenvalue weighted by molar-refractivity contribution is -0.116. The summed E-state index contributed by atoms with van der Waals surface area (Å²) in [6.45, 7) is 6.43. The minimum atomic E-state index is -0.482. The molecule has 2 aromatic rings. The van der Waals surface area contributed by atoms with Crippen molar-refractivity contribution < 1.29 is 29.3 Å². The highest BCUT2D eigenvalue weighted by Crippen LogP contribution is 2.41. The first-order valence-electron chi connectivity index (χ1n) is 12.1. The van der Waals surface area contributed by atoms with Crippen molar-refractivity contribution in [2.24, 2.45) is 11.3 Å². The molecule has 1 atom stereocenters. The van der Waals surface area contributed by atoms with Crippen molar-refractivity contribution in [1.82, 2.24) is 0 Å². The maximum absolute atomic E-state index is 13.4. The molecule has 3 rings (SSSR count). The van der Waals surface area contributed by atoms with Gasteiger partial charge in [-0.25, -0.2) is 0 Å². The quantitative estimate of drug-likeness (QED) is 0.181. The third-order valence-corrected chi connectivity index (χ3v) is 6.70. The molecule has 1 unspecified atom stereocenters. The smallest absolute Gasteiger partial charge is 0.189 e. The van der Waals surface area contributed by atoms with Crippen molar-refractivity contribution in [3.63, 3.8) is 0 Å². The molecule has 0 aromatic heterocycles.